The van der Waals surface area contributed by atoms with Gasteiger partial charge in [0.2, 0.25) is 0 Å². The molecule has 0 heterocycles. The fraction of sp³-hybridized carbons (Fsp3) is 0.385. The monoisotopic (exact) mass is 267 g/mol. The van der Waals surface area contributed by atoms with Gasteiger partial charge >= 0.3 is 5.97 Å². The van der Waals surface area contributed by atoms with Crippen LogP contribution in [0.3, 0.4) is 0 Å². The third kappa shape index (κ3) is 5.23. The van der Waals surface area contributed by atoms with Crippen molar-refractivity contribution in [2.24, 2.45) is 5.73 Å². The number of ether oxygens (including phenoxy) is 1. The lowest BCUT2D eigenvalue weighted by atomic mass is 10.2. The van der Waals surface area contributed by atoms with E-state index in [-0.39, 0.29) is 6.42 Å². The molecule has 2 N–H and O–H groups in total. The van der Waals surface area contributed by atoms with Crippen molar-refractivity contribution in [2.45, 2.75) is 31.3 Å². The summed E-state index contributed by atoms with van der Waals surface area (Å²) in [5.74, 6) is -0.414. The molecule has 1 amide bonds. The van der Waals surface area contributed by atoms with Crippen molar-refractivity contribution in [3.05, 3.63) is 29.8 Å². The number of primary amides is 1. The second kappa shape index (κ2) is 7.06. The predicted molar refractivity (Wildman–Crippen MR) is 71.3 cm³/mol. The Morgan fingerprint density at radius 3 is 2.50 bits per heavy atom. The molecular formula is C13H17NO3S. The van der Waals surface area contributed by atoms with Gasteiger partial charge in [0.25, 0.3) is 5.91 Å². The van der Waals surface area contributed by atoms with Gasteiger partial charge in [-0.25, -0.2) is 0 Å². The normalized spacial score (nSPS) is 11.9. The number of thioether (sulfide) groups is 1. The van der Waals surface area contributed by atoms with Crippen molar-refractivity contribution in [2.75, 3.05) is 5.75 Å². The SMILES string of the molecule is Cc1ccc(SCCC(=O)O[C@@H](C)C(N)=O)cc1. The van der Waals surface area contributed by atoms with Gasteiger partial charge in [0.1, 0.15) is 0 Å². The van der Waals surface area contributed by atoms with Gasteiger partial charge < -0.3 is 10.5 Å². The largest absolute Gasteiger partial charge is 0.453 e. The van der Waals surface area contributed by atoms with Gasteiger partial charge in [-0.05, 0) is 26.0 Å². The summed E-state index contributed by atoms with van der Waals surface area (Å²) in [6.45, 7) is 3.49. The van der Waals surface area contributed by atoms with Gasteiger partial charge in [-0.1, -0.05) is 17.7 Å². The first kappa shape index (κ1) is 14.6. The second-order valence-corrected chi connectivity index (χ2v) is 5.11. The number of aryl methyl sites for hydroxylation is 1. The van der Waals surface area contributed by atoms with Crippen LogP contribution < -0.4 is 5.73 Å². The molecule has 4 nitrogen and oxygen atoms in total. The van der Waals surface area contributed by atoms with E-state index in [0.717, 1.165) is 4.90 Å². The molecule has 0 spiro atoms. The summed E-state index contributed by atoms with van der Waals surface area (Å²) in [6, 6.07) is 8.07. The van der Waals surface area contributed by atoms with E-state index in [9.17, 15) is 9.59 Å². The summed E-state index contributed by atoms with van der Waals surface area (Å²) < 4.78 is 4.84. The zero-order valence-electron chi connectivity index (χ0n) is 10.5. The molecular weight excluding hydrogens is 250 g/mol. The Kier molecular flexibility index (Phi) is 5.71. The van der Waals surface area contributed by atoms with Crippen LogP contribution in [-0.4, -0.2) is 23.7 Å². The van der Waals surface area contributed by atoms with Crippen LogP contribution in [0.5, 0.6) is 0 Å². The molecule has 1 aromatic rings. The standard InChI is InChI=1S/C13H17NO3S/c1-9-3-5-11(6-4-9)18-8-7-12(15)17-10(2)13(14)16/h3-6,10H,7-8H2,1-2H3,(H2,14,16)/t10-/m0/s1. The maximum atomic E-state index is 11.4. The molecule has 0 saturated heterocycles. The van der Waals surface area contributed by atoms with Crippen LogP contribution in [0.1, 0.15) is 18.9 Å². The molecule has 5 heteroatoms. The molecule has 0 aliphatic heterocycles. The van der Waals surface area contributed by atoms with Crippen LogP contribution in [0.2, 0.25) is 0 Å². The number of esters is 1. The van der Waals surface area contributed by atoms with E-state index in [2.05, 4.69) is 0 Å². The van der Waals surface area contributed by atoms with Crippen LogP contribution in [0.4, 0.5) is 0 Å². The molecule has 0 bridgehead atoms. The van der Waals surface area contributed by atoms with Gasteiger partial charge in [-0.2, -0.15) is 0 Å². The molecule has 0 radical (unpaired) electrons. The summed E-state index contributed by atoms with van der Waals surface area (Å²) in [5, 5.41) is 0. The van der Waals surface area contributed by atoms with E-state index in [0.29, 0.717) is 5.75 Å². The van der Waals surface area contributed by atoms with Crippen LogP contribution in [0.25, 0.3) is 0 Å². The third-order valence-corrected chi connectivity index (χ3v) is 3.32. The Balaban J connectivity index is 2.27. The molecule has 0 aliphatic rings. The highest BCUT2D eigenvalue weighted by Gasteiger charge is 2.13. The molecule has 0 saturated carbocycles. The van der Waals surface area contributed by atoms with Crippen LogP contribution >= 0.6 is 11.8 Å². The van der Waals surface area contributed by atoms with Crippen LogP contribution in [0, 0.1) is 6.92 Å². The number of nitrogens with two attached hydrogens (primary N) is 1. The van der Waals surface area contributed by atoms with Crippen molar-refractivity contribution in [1.29, 1.82) is 0 Å². The zero-order valence-corrected chi connectivity index (χ0v) is 11.3. The smallest absolute Gasteiger partial charge is 0.307 e. The lowest BCUT2D eigenvalue weighted by Crippen LogP contribution is -2.30. The molecule has 18 heavy (non-hydrogen) atoms. The average Bonchev–Trinajstić information content (AvgIpc) is 2.31. The van der Waals surface area contributed by atoms with E-state index in [1.807, 2.05) is 31.2 Å². The first-order valence-electron chi connectivity index (χ1n) is 5.67. The molecule has 0 aliphatic carbocycles. The van der Waals surface area contributed by atoms with E-state index in [4.69, 9.17) is 10.5 Å². The van der Waals surface area contributed by atoms with E-state index < -0.39 is 18.0 Å². The van der Waals surface area contributed by atoms with E-state index in [1.54, 1.807) is 11.8 Å². The van der Waals surface area contributed by atoms with Crippen molar-refractivity contribution in [1.82, 2.24) is 0 Å². The molecule has 0 unspecified atom stereocenters. The number of hydrogen-bond donors (Lipinski definition) is 1. The van der Waals surface area contributed by atoms with Crippen LogP contribution in [0.15, 0.2) is 29.2 Å². The first-order chi connectivity index (χ1) is 8.49. The topological polar surface area (TPSA) is 69.4 Å². The van der Waals surface area contributed by atoms with Crippen LogP contribution in [-0.2, 0) is 14.3 Å². The molecule has 1 atom stereocenters. The highest BCUT2D eigenvalue weighted by atomic mass is 32.2. The minimum atomic E-state index is -0.859. The molecule has 0 aromatic heterocycles. The average molecular weight is 267 g/mol. The summed E-state index contributed by atoms with van der Waals surface area (Å²) in [7, 11) is 0. The first-order valence-corrected chi connectivity index (χ1v) is 6.66. The van der Waals surface area contributed by atoms with E-state index >= 15 is 0 Å². The number of rotatable bonds is 6. The Bertz CT molecular complexity index is 417. The fourth-order valence-corrected chi connectivity index (χ4v) is 2.03. The molecule has 1 rings (SSSR count). The maximum Gasteiger partial charge on any atom is 0.307 e. The molecule has 98 valence electrons. The number of amides is 1. The quantitative estimate of drug-likeness (QED) is 0.631. The summed E-state index contributed by atoms with van der Waals surface area (Å²) in [5.41, 5.74) is 6.20. The summed E-state index contributed by atoms with van der Waals surface area (Å²) in [6.07, 6.45) is -0.599. The zero-order chi connectivity index (χ0) is 13.5. The summed E-state index contributed by atoms with van der Waals surface area (Å²) in [4.78, 5) is 23.2. The van der Waals surface area contributed by atoms with Crippen molar-refractivity contribution < 1.29 is 14.3 Å². The second-order valence-electron chi connectivity index (χ2n) is 3.95. The van der Waals surface area contributed by atoms with Gasteiger partial charge in [0, 0.05) is 10.6 Å². The molecule has 0 fully saturated rings. The Labute approximate surface area is 111 Å². The Morgan fingerprint density at radius 2 is 1.94 bits per heavy atom. The third-order valence-electron chi connectivity index (χ3n) is 2.30. The van der Waals surface area contributed by atoms with Gasteiger partial charge in [0.15, 0.2) is 6.10 Å². The van der Waals surface area contributed by atoms with Crippen molar-refractivity contribution >= 4 is 23.6 Å². The highest BCUT2D eigenvalue weighted by Crippen LogP contribution is 2.19. The predicted octanol–water partition coefficient (Wildman–Crippen LogP) is 1.89. The van der Waals surface area contributed by atoms with Gasteiger partial charge in [0.05, 0.1) is 6.42 Å². The number of hydrogen-bond acceptors (Lipinski definition) is 4. The minimum Gasteiger partial charge on any atom is -0.453 e. The van der Waals surface area contributed by atoms with Crippen molar-refractivity contribution in [3.8, 4) is 0 Å². The Morgan fingerprint density at radius 1 is 1.33 bits per heavy atom. The fourth-order valence-electron chi connectivity index (χ4n) is 1.20. The number of carbonyl (C=O) groups excluding carboxylic acids is 2. The number of benzene rings is 1. The summed E-state index contributed by atoms with van der Waals surface area (Å²) >= 11 is 1.58. The van der Waals surface area contributed by atoms with Crippen molar-refractivity contribution in [3.63, 3.8) is 0 Å². The minimum absolute atomic E-state index is 0.260. The highest BCUT2D eigenvalue weighted by molar-refractivity contribution is 7.99. The van der Waals surface area contributed by atoms with E-state index in [1.165, 1.54) is 12.5 Å². The lowest BCUT2D eigenvalue weighted by Gasteiger charge is -2.09. The van der Waals surface area contributed by atoms with Gasteiger partial charge in [-0.15, -0.1) is 11.8 Å². The Hall–Kier alpha value is -1.49. The molecule has 1 aromatic carbocycles. The maximum absolute atomic E-state index is 11.4. The lowest BCUT2D eigenvalue weighted by molar-refractivity contribution is -0.153. The number of carbonyl (C=O) groups is 2. The van der Waals surface area contributed by atoms with Gasteiger partial charge in [-0.3, -0.25) is 9.59 Å².